The zero-order chi connectivity index (χ0) is 18.9. The molecule has 0 N–H and O–H groups in total. The Labute approximate surface area is 162 Å². The number of aryl methyl sites for hydroxylation is 1. The van der Waals surface area contributed by atoms with Crippen LogP contribution in [-0.4, -0.2) is 64.7 Å². The van der Waals surface area contributed by atoms with Crippen LogP contribution >= 0.6 is 0 Å². The standard InChI is InChI=1S/C21H34N4O2/c1-23(17-6-4-3-5-7-17)12-9-19(26)25-13-8-18-20(22-16-24(18)2)21(25)10-14-27-15-11-21/h16-17H,3-15H2,1-2H3. The van der Waals surface area contributed by atoms with E-state index in [1.807, 2.05) is 6.33 Å². The minimum absolute atomic E-state index is 0.256. The minimum Gasteiger partial charge on any atom is -0.381 e. The summed E-state index contributed by atoms with van der Waals surface area (Å²) in [6.07, 6.45) is 11.8. The normalized spacial score (nSPS) is 23.0. The number of nitrogens with zero attached hydrogens (tertiary/aromatic N) is 4. The number of aromatic nitrogens is 2. The van der Waals surface area contributed by atoms with Crippen LogP contribution in [0.15, 0.2) is 6.33 Å². The molecule has 6 heteroatoms. The first kappa shape index (κ1) is 18.9. The molecule has 1 aromatic rings. The molecule has 1 spiro atoms. The van der Waals surface area contributed by atoms with Gasteiger partial charge in [-0.25, -0.2) is 4.98 Å². The van der Waals surface area contributed by atoms with Crippen molar-refractivity contribution in [1.82, 2.24) is 19.4 Å². The van der Waals surface area contributed by atoms with Crippen LogP contribution in [0.2, 0.25) is 0 Å². The molecular weight excluding hydrogens is 340 g/mol. The van der Waals surface area contributed by atoms with E-state index in [2.05, 4.69) is 28.5 Å². The molecule has 1 aliphatic carbocycles. The van der Waals surface area contributed by atoms with Crippen LogP contribution in [0, 0.1) is 0 Å². The molecule has 6 nitrogen and oxygen atoms in total. The second-order valence-corrected chi connectivity index (χ2v) is 8.61. The summed E-state index contributed by atoms with van der Waals surface area (Å²) >= 11 is 0. The summed E-state index contributed by atoms with van der Waals surface area (Å²) in [7, 11) is 4.26. The van der Waals surface area contributed by atoms with Gasteiger partial charge in [0.1, 0.15) is 0 Å². The van der Waals surface area contributed by atoms with Crippen LogP contribution in [0.1, 0.15) is 62.8 Å². The smallest absolute Gasteiger partial charge is 0.224 e. The third-order valence-corrected chi connectivity index (χ3v) is 7.09. The SMILES string of the molecule is CN(CCC(=O)N1CCc2c(ncn2C)C12CCOCC2)C1CCCCC1. The van der Waals surface area contributed by atoms with E-state index in [-0.39, 0.29) is 11.4 Å². The van der Waals surface area contributed by atoms with Gasteiger partial charge in [0.15, 0.2) is 0 Å². The van der Waals surface area contributed by atoms with Crippen molar-refractivity contribution in [2.24, 2.45) is 7.05 Å². The Kier molecular flexibility index (Phi) is 5.55. The third kappa shape index (κ3) is 3.54. The van der Waals surface area contributed by atoms with E-state index in [0.717, 1.165) is 38.0 Å². The number of amides is 1. The maximum atomic E-state index is 13.3. The van der Waals surface area contributed by atoms with Crippen LogP contribution in [0.3, 0.4) is 0 Å². The molecule has 0 bridgehead atoms. The first-order valence-electron chi connectivity index (χ1n) is 10.7. The topological polar surface area (TPSA) is 50.6 Å². The molecule has 2 aliphatic heterocycles. The lowest BCUT2D eigenvalue weighted by Crippen LogP contribution is -2.56. The average Bonchev–Trinajstić information content (AvgIpc) is 3.09. The molecule has 3 aliphatic rings. The number of rotatable bonds is 4. The predicted molar refractivity (Wildman–Crippen MR) is 104 cm³/mol. The number of imidazole rings is 1. The van der Waals surface area contributed by atoms with Gasteiger partial charge < -0.3 is 19.1 Å². The summed E-state index contributed by atoms with van der Waals surface area (Å²) in [6.45, 7) is 3.09. The number of hydrogen-bond donors (Lipinski definition) is 0. The van der Waals surface area contributed by atoms with Gasteiger partial charge in [-0.05, 0) is 32.7 Å². The van der Waals surface area contributed by atoms with Crippen LogP contribution < -0.4 is 0 Å². The molecule has 0 aromatic carbocycles. The van der Waals surface area contributed by atoms with Gasteiger partial charge in [-0.1, -0.05) is 19.3 Å². The van der Waals surface area contributed by atoms with E-state index in [1.54, 1.807) is 0 Å². The van der Waals surface area contributed by atoms with Gasteiger partial charge >= 0.3 is 0 Å². The Morgan fingerprint density at radius 3 is 2.78 bits per heavy atom. The lowest BCUT2D eigenvalue weighted by Gasteiger charge is -2.48. The van der Waals surface area contributed by atoms with Crippen LogP contribution in [-0.2, 0) is 28.5 Å². The molecule has 1 aromatic heterocycles. The predicted octanol–water partition coefficient (Wildman–Crippen LogP) is 2.47. The molecule has 3 heterocycles. The molecule has 0 unspecified atom stereocenters. The summed E-state index contributed by atoms with van der Waals surface area (Å²) < 4.78 is 7.77. The first-order valence-corrected chi connectivity index (χ1v) is 10.7. The second-order valence-electron chi connectivity index (χ2n) is 8.61. The van der Waals surface area contributed by atoms with Crippen LogP contribution in [0.25, 0.3) is 0 Å². The van der Waals surface area contributed by atoms with Gasteiger partial charge in [0.25, 0.3) is 0 Å². The van der Waals surface area contributed by atoms with Gasteiger partial charge in [0.2, 0.25) is 5.91 Å². The number of ether oxygens (including phenoxy) is 1. The van der Waals surface area contributed by atoms with Gasteiger partial charge in [0.05, 0.1) is 17.6 Å². The number of hydrogen-bond acceptors (Lipinski definition) is 4. The van der Waals surface area contributed by atoms with Gasteiger partial charge in [-0.2, -0.15) is 0 Å². The van der Waals surface area contributed by atoms with Gasteiger partial charge in [-0.3, -0.25) is 4.79 Å². The lowest BCUT2D eigenvalue weighted by molar-refractivity contribution is -0.144. The molecule has 0 radical (unpaired) electrons. The zero-order valence-electron chi connectivity index (χ0n) is 17.0. The average molecular weight is 375 g/mol. The van der Waals surface area contributed by atoms with Crippen LogP contribution in [0.4, 0.5) is 0 Å². The Morgan fingerprint density at radius 1 is 1.30 bits per heavy atom. The molecule has 1 saturated carbocycles. The van der Waals surface area contributed by atoms with Crippen molar-refractivity contribution in [2.75, 3.05) is 33.4 Å². The lowest BCUT2D eigenvalue weighted by atomic mass is 9.80. The second kappa shape index (κ2) is 7.92. The summed E-state index contributed by atoms with van der Waals surface area (Å²) in [5.41, 5.74) is 2.15. The molecular formula is C21H34N4O2. The number of carbonyl (C=O) groups is 1. The van der Waals surface area contributed by atoms with Gasteiger partial charge in [-0.15, -0.1) is 0 Å². The minimum atomic E-state index is -0.256. The van der Waals surface area contributed by atoms with Crippen molar-refractivity contribution in [1.29, 1.82) is 0 Å². The third-order valence-electron chi connectivity index (χ3n) is 7.09. The van der Waals surface area contributed by atoms with E-state index in [4.69, 9.17) is 9.72 Å². The number of fused-ring (bicyclic) bond motifs is 2. The van der Waals surface area contributed by atoms with Crippen molar-refractivity contribution in [3.05, 3.63) is 17.7 Å². The summed E-state index contributed by atoms with van der Waals surface area (Å²) in [5, 5.41) is 0. The highest BCUT2D eigenvalue weighted by molar-refractivity contribution is 5.78. The molecule has 150 valence electrons. The van der Waals surface area contributed by atoms with E-state index in [0.29, 0.717) is 25.7 Å². The Bertz CT molecular complexity index is 659. The summed E-state index contributed by atoms with van der Waals surface area (Å²) in [6, 6.07) is 0.660. The monoisotopic (exact) mass is 374 g/mol. The van der Waals surface area contributed by atoms with Crippen molar-refractivity contribution in [3.63, 3.8) is 0 Å². The molecule has 0 atom stereocenters. The Morgan fingerprint density at radius 2 is 2.04 bits per heavy atom. The van der Waals surface area contributed by atoms with Crippen LogP contribution in [0.5, 0.6) is 0 Å². The molecule has 4 rings (SSSR count). The van der Waals surface area contributed by atoms with E-state index < -0.39 is 0 Å². The summed E-state index contributed by atoms with van der Waals surface area (Å²) in [5.74, 6) is 0.288. The molecule has 27 heavy (non-hydrogen) atoms. The largest absolute Gasteiger partial charge is 0.381 e. The fourth-order valence-electron chi connectivity index (χ4n) is 5.39. The molecule has 1 saturated heterocycles. The fraction of sp³-hybridized carbons (Fsp3) is 0.810. The highest BCUT2D eigenvalue weighted by Gasteiger charge is 2.48. The first-order chi connectivity index (χ1) is 13.1. The van der Waals surface area contributed by atoms with Crippen molar-refractivity contribution in [2.45, 2.75) is 69.4 Å². The maximum Gasteiger partial charge on any atom is 0.224 e. The Hall–Kier alpha value is -1.40. The van der Waals surface area contributed by atoms with E-state index in [1.165, 1.54) is 37.8 Å². The summed E-state index contributed by atoms with van der Waals surface area (Å²) in [4.78, 5) is 22.6. The van der Waals surface area contributed by atoms with Crippen molar-refractivity contribution >= 4 is 5.91 Å². The maximum absolute atomic E-state index is 13.3. The van der Waals surface area contributed by atoms with E-state index in [9.17, 15) is 4.79 Å². The van der Waals surface area contributed by atoms with E-state index >= 15 is 0 Å². The molecule has 1 amide bonds. The van der Waals surface area contributed by atoms with Crippen molar-refractivity contribution < 1.29 is 9.53 Å². The zero-order valence-corrected chi connectivity index (χ0v) is 17.0. The highest BCUT2D eigenvalue weighted by atomic mass is 16.5. The quantitative estimate of drug-likeness (QED) is 0.812. The van der Waals surface area contributed by atoms with Gasteiger partial charge in [0, 0.05) is 57.9 Å². The Balaban J connectivity index is 1.47. The number of carbonyl (C=O) groups excluding carboxylic acids is 1. The van der Waals surface area contributed by atoms with Crippen molar-refractivity contribution in [3.8, 4) is 0 Å². The highest BCUT2D eigenvalue weighted by Crippen LogP contribution is 2.42. The molecule has 2 fully saturated rings. The fourth-order valence-corrected chi connectivity index (χ4v) is 5.39.